The maximum atomic E-state index is 13.8. The average Bonchev–Trinajstić information content (AvgIpc) is 3.10. The van der Waals surface area contributed by atoms with Crippen molar-refractivity contribution in [1.82, 2.24) is 5.32 Å². The van der Waals surface area contributed by atoms with Crippen molar-refractivity contribution >= 4 is 12.1 Å². The minimum absolute atomic E-state index is 0.0973. The van der Waals surface area contributed by atoms with E-state index < -0.39 is 47.6 Å². The van der Waals surface area contributed by atoms with Crippen LogP contribution in [0.25, 0.3) is 11.1 Å². The molecule has 0 radical (unpaired) electrons. The molecular weight excluding hydrogens is 454 g/mol. The van der Waals surface area contributed by atoms with Crippen LogP contribution in [0.5, 0.6) is 0 Å². The van der Waals surface area contributed by atoms with Gasteiger partial charge >= 0.3 is 18.2 Å². The van der Waals surface area contributed by atoms with E-state index >= 15 is 0 Å². The monoisotopic (exact) mass is 473 g/mol. The number of carbonyl (C=O) groups excluding carboxylic acids is 1. The minimum atomic E-state index is -5.02. The highest BCUT2D eigenvalue weighted by Gasteiger charge is 2.38. The fourth-order valence-corrected chi connectivity index (χ4v) is 4.26. The van der Waals surface area contributed by atoms with Crippen molar-refractivity contribution in [3.63, 3.8) is 0 Å². The summed E-state index contributed by atoms with van der Waals surface area (Å²) in [4.78, 5) is 24.0. The van der Waals surface area contributed by atoms with Crippen LogP contribution in [-0.4, -0.2) is 29.8 Å². The number of alkyl halides is 3. The number of fused-ring (bicyclic) bond motifs is 3. The van der Waals surface area contributed by atoms with Gasteiger partial charge in [-0.1, -0.05) is 60.7 Å². The number of hydrogen-bond donors (Lipinski definition) is 2. The van der Waals surface area contributed by atoms with Gasteiger partial charge in [0.2, 0.25) is 0 Å². The first kappa shape index (κ1) is 23.3. The molecule has 5 nitrogen and oxygen atoms in total. The summed E-state index contributed by atoms with van der Waals surface area (Å²) in [6, 6.07) is 16.1. The Balaban J connectivity index is 1.48. The van der Waals surface area contributed by atoms with Crippen molar-refractivity contribution in [3.05, 3.63) is 94.8 Å². The molecule has 1 atom stereocenters. The lowest BCUT2D eigenvalue weighted by Crippen LogP contribution is -2.43. The molecule has 3 aromatic rings. The number of aliphatic carboxylic acids is 1. The molecule has 34 heavy (non-hydrogen) atoms. The predicted octanol–water partition coefficient (Wildman–Crippen LogP) is 5.38. The molecule has 0 aromatic heterocycles. The first-order valence-electron chi connectivity index (χ1n) is 10.4. The number of carboxylic acids is 1. The van der Waals surface area contributed by atoms with Crippen LogP contribution in [0.15, 0.2) is 66.7 Å². The molecule has 0 saturated carbocycles. The van der Waals surface area contributed by atoms with E-state index in [0.29, 0.717) is 6.07 Å². The molecule has 176 valence electrons. The molecule has 1 aliphatic rings. The number of benzene rings is 3. The summed E-state index contributed by atoms with van der Waals surface area (Å²) in [5, 5.41) is 11.5. The number of alkyl carbamates (subject to hydrolysis) is 1. The number of hydrogen-bond acceptors (Lipinski definition) is 3. The zero-order valence-corrected chi connectivity index (χ0v) is 17.6. The predicted molar refractivity (Wildman–Crippen MR) is 115 cm³/mol. The minimum Gasteiger partial charge on any atom is -0.480 e. The van der Waals surface area contributed by atoms with Gasteiger partial charge in [0.1, 0.15) is 18.5 Å². The fraction of sp³-hybridized carbons (Fsp3) is 0.200. The highest BCUT2D eigenvalue weighted by atomic mass is 19.4. The summed E-state index contributed by atoms with van der Waals surface area (Å²) in [5.74, 6) is -3.37. The van der Waals surface area contributed by atoms with Crippen molar-refractivity contribution < 1.29 is 37.0 Å². The molecule has 3 aromatic carbocycles. The number of rotatable bonds is 6. The average molecular weight is 473 g/mol. The zero-order chi connectivity index (χ0) is 24.5. The van der Waals surface area contributed by atoms with Crippen LogP contribution in [0.2, 0.25) is 0 Å². The standard InChI is InChI=1S/C25H19F4NO4/c26-20-11-5-6-14(22(20)25(27,28)29)12-21(23(31)32)30-24(33)34-13-19-17-9-3-1-7-15(17)16-8-2-4-10-18(16)19/h1-11,19,21H,12-13H2,(H,30,33)(H,31,32). The van der Waals surface area contributed by atoms with E-state index in [-0.39, 0.29) is 12.5 Å². The van der Waals surface area contributed by atoms with Gasteiger partial charge < -0.3 is 15.2 Å². The number of halogens is 4. The molecule has 2 N–H and O–H groups in total. The third-order valence-electron chi connectivity index (χ3n) is 5.74. The Hall–Kier alpha value is -3.88. The van der Waals surface area contributed by atoms with E-state index in [0.717, 1.165) is 34.4 Å². The number of ether oxygens (including phenoxy) is 1. The molecular formula is C25H19F4NO4. The zero-order valence-electron chi connectivity index (χ0n) is 17.6. The SMILES string of the molecule is O=C(NC(Cc1cccc(F)c1C(F)(F)F)C(=O)O)OCC1c2ccccc2-c2ccccc21. The fourth-order valence-electron chi connectivity index (χ4n) is 4.26. The molecule has 0 saturated heterocycles. The first-order valence-corrected chi connectivity index (χ1v) is 10.4. The van der Waals surface area contributed by atoms with Crippen molar-refractivity contribution in [2.24, 2.45) is 0 Å². The molecule has 9 heteroatoms. The highest BCUT2D eigenvalue weighted by molar-refractivity contribution is 5.81. The largest absolute Gasteiger partial charge is 0.480 e. The lowest BCUT2D eigenvalue weighted by atomic mass is 9.98. The van der Waals surface area contributed by atoms with Crippen molar-refractivity contribution in [2.75, 3.05) is 6.61 Å². The molecule has 0 spiro atoms. The summed E-state index contributed by atoms with van der Waals surface area (Å²) in [5.41, 5.74) is 1.75. The lowest BCUT2D eigenvalue weighted by molar-refractivity contribution is -0.142. The quantitative estimate of drug-likeness (QED) is 0.472. The van der Waals surface area contributed by atoms with E-state index in [1.165, 1.54) is 0 Å². The number of nitrogens with one attached hydrogen (secondary N) is 1. The summed E-state index contributed by atoms with van der Waals surface area (Å²) in [7, 11) is 0. The van der Waals surface area contributed by atoms with Crippen molar-refractivity contribution in [1.29, 1.82) is 0 Å². The van der Waals surface area contributed by atoms with Gasteiger partial charge in [-0.15, -0.1) is 0 Å². The van der Waals surface area contributed by atoms with Crippen molar-refractivity contribution in [3.8, 4) is 11.1 Å². The summed E-state index contributed by atoms with van der Waals surface area (Å²) < 4.78 is 58.9. The Morgan fingerprint density at radius 3 is 2.09 bits per heavy atom. The van der Waals surface area contributed by atoms with Crippen LogP contribution in [0, 0.1) is 5.82 Å². The third kappa shape index (κ3) is 4.59. The Morgan fingerprint density at radius 1 is 0.941 bits per heavy atom. The van der Waals surface area contributed by atoms with E-state index in [9.17, 15) is 32.3 Å². The maximum absolute atomic E-state index is 13.8. The first-order chi connectivity index (χ1) is 16.2. The second kappa shape index (κ2) is 9.17. The summed E-state index contributed by atoms with van der Waals surface area (Å²) in [6.45, 7) is -0.0973. The van der Waals surface area contributed by atoms with Crippen LogP contribution in [-0.2, 0) is 22.1 Å². The van der Waals surface area contributed by atoms with Gasteiger partial charge in [0, 0.05) is 12.3 Å². The van der Waals surface area contributed by atoms with Crippen LogP contribution >= 0.6 is 0 Å². The van der Waals surface area contributed by atoms with Crippen LogP contribution in [0.4, 0.5) is 22.4 Å². The normalized spacial score (nSPS) is 13.6. The molecule has 1 amide bonds. The van der Waals surface area contributed by atoms with E-state index in [1.807, 2.05) is 48.5 Å². The van der Waals surface area contributed by atoms with Gasteiger partial charge in [-0.25, -0.2) is 14.0 Å². The number of amides is 1. The summed E-state index contributed by atoms with van der Waals surface area (Å²) in [6.07, 6.45) is -6.89. The third-order valence-corrected chi connectivity index (χ3v) is 5.74. The molecule has 1 unspecified atom stereocenters. The highest BCUT2D eigenvalue weighted by Crippen LogP contribution is 2.44. The Labute approximate surface area is 192 Å². The molecule has 1 aliphatic carbocycles. The van der Waals surface area contributed by atoms with Gasteiger partial charge in [-0.3, -0.25) is 0 Å². The maximum Gasteiger partial charge on any atom is 0.419 e. The summed E-state index contributed by atoms with van der Waals surface area (Å²) >= 11 is 0. The lowest BCUT2D eigenvalue weighted by Gasteiger charge is -2.19. The number of carboxylic acid groups (broad SMARTS) is 1. The van der Waals surface area contributed by atoms with Crippen LogP contribution in [0.1, 0.15) is 28.2 Å². The van der Waals surface area contributed by atoms with Gasteiger partial charge in [0.25, 0.3) is 0 Å². The van der Waals surface area contributed by atoms with Crippen LogP contribution < -0.4 is 5.32 Å². The molecule has 4 rings (SSSR count). The number of carbonyl (C=O) groups is 2. The Bertz CT molecular complexity index is 1200. The van der Waals surface area contributed by atoms with Crippen LogP contribution in [0.3, 0.4) is 0 Å². The molecule has 0 heterocycles. The molecule has 0 aliphatic heterocycles. The van der Waals surface area contributed by atoms with E-state index in [2.05, 4.69) is 5.32 Å². The van der Waals surface area contributed by atoms with Gasteiger partial charge in [0.15, 0.2) is 0 Å². The molecule has 0 bridgehead atoms. The Morgan fingerprint density at radius 2 is 1.53 bits per heavy atom. The smallest absolute Gasteiger partial charge is 0.419 e. The van der Waals surface area contributed by atoms with Gasteiger partial charge in [-0.2, -0.15) is 13.2 Å². The molecule has 0 fully saturated rings. The van der Waals surface area contributed by atoms with E-state index in [4.69, 9.17) is 4.74 Å². The second-order valence-electron chi connectivity index (χ2n) is 7.84. The van der Waals surface area contributed by atoms with E-state index in [1.54, 1.807) is 0 Å². The van der Waals surface area contributed by atoms with Gasteiger partial charge in [0.05, 0.1) is 5.56 Å². The second-order valence-corrected chi connectivity index (χ2v) is 7.84. The Kier molecular flexibility index (Phi) is 6.28. The topological polar surface area (TPSA) is 75.6 Å². The van der Waals surface area contributed by atoms with Crippen molar-refractivity contribution in [2.45, 2.75) is 24.6 Å². The van der Waals surface area contributed by atoms with Gasteiger partial charge in [-0.05, 0) is 33.9 Å².